The molecule has 2 N–H and O–H groups in total. The lowest BCUT2D eigenvalue weighted by atomic mass is 9.79. The molecule has 0 spiro atoms. The van der Waals surface area contributed by atoms with Crippen LogP contribution in [0.2, 0.25) is 0 Å². The minimum atomic E-state index is -0.105. The van der Waals surface area contributed by atoms with Crippen molar-refractivity contribution in [3.63, 3.8) is 0 Å². The molecule has 0 heterocycles. The van der Waals surface area contributed by atoms with Crippen LogP contribution >= 0.6 is 0 Å². The van der Waals surface area contributed by atoms with E-state index in [1.165, 1.54) is 0 Å². The summed E-state index contributed by atoms with van der Waals surface area (Å²) in [7, 11) is 3.25. The van der Waals surface area contributed by atoms with E-state index in [4.69, 9.17) is 10.5 Å². The third kappa shape index (κ3) is 9.92. The number of rotatable bonds is 2. The Morgan fingerprint density at radius 1 is 0.880 bits per heavy atom. The normalized spacial score (nSPS) is 11.1. The van der Waals surface area contributed by atoms with E-state index < -0.39 is 0 Å². The minimum Gasteiger partial charge on any atom is -0.428 e. The maximum absolute atomic E-state index is 10.6. The zero-order valence-electron chi connectivity index (χ0n) is 17.7. The van der Waals surface area contributed by atoms with Crippen LogP contribution in [0.25, 0.3) is 0 Å². The summed E-state index contributed by atoms with van der Waals surface area (Å²) in [5.41, 5.74) is 8.64. The molecule has 0 unspecified atom stereocenters. The Morgan fingerprint density at radius 2 is 1.28 bits per heavy atom. The number of ether oxygens (including phenoxy) is 2. The average Bonchev–Trinajstić information content (AvgIpc) is 2.46. The van der Waals surface area contributed by atoms with E-state index >= 15 is 0 Å². The zero-order chi connectivity index (χ0) is 20.3. The summed E-state index contributed by atoms with van der Waals surface area (Å²) in [6.45, 7) is 17.1. The van der Waals surface area contributed by atoms with Gasteiger partial charge < -0.3 is 15.2 Å². The molecule has 25 heavy (non-hydrogen) atoms. The number of methoxy groups -OCH3 is 1. The molecule has 1 aromatic carbocycles. The van der Waals surface area contributed by atoms with Crippen molar-refractivity contribution in [2.75, 3.05) is 20.0 Å². The fourth-order valence-electron chi connectivity index (χ4n) is 1.98. The van der Waals surface area contributed by atoms with Crippen LogP contribution in [0.3, 0.4) is 0 Å². The quantitative estimate of drug-likeness (QED) is 0.449. The molecule has 0 amide bonds. The number of nitrogens with two attached hydrogens (primary N) is 1. The molecule has 0 bridgehead atoms. The van der Waals surface area contributed by atoms with E-state index in [-0.39, 0.29) is 10.8 Å². The van der Waals surface area contributed by atoms with Crippen molar-refractivity contribution in [2.45, 2.75) is 66.2 Å². The summed E-state index contributed by atoms with van der Waals surface area (Å²) < 4.78 is 9.30. The number of nitrogen functional groups attached to an aromatic ring is 1. The van der Waals surface area contributed by atoms with Crippen molar-refractivity contribution in [3.8, 4) is 5.75 Å². The molecule has 0 saturated carbocycles. The van der Waals surface area contributed by atoms with Gasteiger partial charge in [0.15, 0.2) is 0 Å². The highest BCUT2D eigenvalue weighted by atomic mass is 16.5. The van der Waals surface area contributed by atoms with Crippen molar-refractivity contribution in [2.24, 2.45) is 0 Å². The number of carbonyl (C=O) groups is 1. The maximum Gasteiger partial charge on any atom is 0.298 e. The smallest absolute Gasteiger partial charge is 0.298 e. The highest BCUT2D eigenvalue weighted by molar-refractivity contribution is 5.61. The van der Waals surface area contributed by atoms with Crippen molar-refractivity contribution in [1.29, 1.82) is 0 Å². The highest BCUT2D eigenvalue weighted by Crippen LogP contribution is 2.38. The largest absolute Gasteiger partial charge is 0.428 e. The van der Waals surface area contributed by atoms with Gasteiger partial charge in [-0.15, -0.1) is 0 Å². The van der Waals surface area contributed by atoms with Crippen LogP contribution in [0.15, 0.2) is 24.3 Å². The molecule has 1 aromatic rings. The van der Waals surface area contributed by atoms with Crippen LogP contribution in [-0.4, -0.2) is 20.7 Å². The molecule has 0 aliphatic carbocycles. The number of anilines is 1. The van der Waals surface area contributed by atoms with Gasteiger partial charge in [0.2, 0.25) is 0 Å². The molecule has 0 aliphatic rings. The second-order valence-corrected chi connectivity index (χ2v) is 7.72. The monoisotopic (exact) mass is 351 g/mol. The first kappa shape index (κ1) is 25.4. The highest BCUT2D eigenvalue weighted by Gasteiger charge is 2.25. The first-order valence-electron chi connectivity index (χ1n) is 8.42. The number of carbonyl (C=O) groups excluding carboxylic acids is 1. The van der Waals surface area contributed by atoms with Gasteiger partial charge >= 0.3 is 0 Å². The predicted molar refractivity (Wildman–Crippen MR) is 108 cm³/mol. The third-order valence-corrected chi connectivity index (χ3v) is 3.28. The van der Waals surface area contributed by atoms with Gasteiger partial charge in [-0.05, 0) is 36.3 Å². The number of hydrogen-bond donors (Lipinski definition) is 1. The molecule has 144 valence electrons. The Kier molecular flexibility index (Phi) is 11.9. The van der Waals surface area contributed by atoms with Crippen LogP contribution in [0.4, 0.5) is 5.69 Å². The van der Waals surface area contributed by atoms with Gasteiger partial charge in [0.1, 0.15) is 5.75 Å². The number of hydrogen-bond acceptors (Lipinski definition) is 4. The second-order valence-electron chi connectivity index (χ2n) is 7.72. The molecule has 0 atom stereocenters. The Bertz CT molecular complexity index is 531. The fraction of sp³-hybridized carbons (Fsp3) is 0.571. The second kappa shape index (κ2) is 11.7. The average molecular weight is 352 g/mol. The van der Waals surface area contributed by atoms with Crippen LogP contribution in [0.1, 0.15) is 66.5 Å². The van der Waals surface area contributed by atoms with Crippen LogP contribution in [0, 0.1) is 0 Å². The summed E-state index contributed by atoms with van der Waals surface area (Å²) in [5, 5.41) is 0. The van der Waals surface area contributed by atoms with E-state index in [1.54, 1.807) is 20.3 Å². The van der Waals surface area contributed by atoms with Crippen molar-refractivity contribution in [1.82, 2.24) is 0 Å². The molecular weight excluding hydrogens is 314 g/mol. The van der Waals surface area contributed by atoms with Gasteiger partial charge in [-0.2, -0.15) is 0 Å². The Hall–Kier alpha value is -1.81. The number of benzene rings is 1. The van der Waals surface area contributed by atoms with E-state index in [2.05, 4.69) is 46.3 Å². The van der Waals surface area contributed by atoms with Gasteiger partial charge in [-0.3, -0.25) is 4.79 Å². The molecule has 0 aliphatic heterocycles. The van der Waals surface area contributed by atoms with Crippen molar-refractivity contribution in [3.05, 3.63) is 35.4 Å². The SMILES string of the molecule is C/C=C\C.CC(C)(C)c1cc(C(C)(C)C)c(OC=O)cc1N.COC. The molecule has 0 aromatic heterocycles. The van der Waals surface area contributed by atoms with Gasteiger partial charge in [0, 0.05) is 31.5 Å². The van der Waals surface area contributed by atoms with E-state index in [0.717, 1.165) is 11.1 Å². The summed E-state index contributed by atoms with van der Waals surface area (Å²) in [4.78, 5) is 10.6. The Balaban J connectivity index is 0. The maximum atomic E-state index is 10.6. The minimum absolute atomic E-state index is 0.0379. The van der Waals surface area contributed by atoms with Crippen molar-refractivity contribution < 1.29 is 14.3 Å². The molecule has 0 fully saturated rings. The Morgan fingerprint density at radius 3 is 1.56 bits per heavy atom. The molecule has 1 rings (SSSR count). The standard InChI is InChI=1S/C15H23NO2.C4H8.C2H6O/c1-14(2,3)10-7-11(15(4,5)6)13(18-9-17)8-12(10)16;1-3-4-2;1-3-2/h7-9H,16H2,1-6H3;3-4H,1-2H3;1-2H3/b;4-3-;. The van der Waals surface area contributed by atoms with Crippen LogP contribution in [-0.2, 0) is 20.4 Å². The molecule has 0 saturated heterocycles. The summed E-state index contributed by atoms with van der Waals surface area (Å²) in [6.07, 6.45) is 4.00. The van der Waals surface area contributed by atoms with Gasteiger partial charge in [-0.25, -0.2) is 0 Å². The molecular formula is C21H37NO3. The third-order valence-electron chi connectivity index (χ3n) is 3.28. The van der Waals surface area contributed by atoms with Crippen LogP contribution in [0.5, 0.6) is 5.75 Å². The first-order valence-corrected chi connectivity index (χ1v) is 8.42. The molecule has 4 heteroatoms. The van der Waals surface area contributed by atoms with Gasteiger partial charge in [-0.1, -0.05) is 53.7 Å². The zero-order valence-corrected chi connectivity index (χ0v) is 17.7. The van der Waals surface area contributed by atoms with E-state index in [0.29, 0.717) is 17.9 Å². The summed E-state index contributed by atoms with van der Waals surface area (Å²) in [5.74, 6) is 0.544. The summed E-state index contributed by atoms with van der Waals surface area (Å²) >= 11 is 0. The lowest BCUT2D eigenvalue weighted by molar-refractivity contribution is -0.120. The lowest BCUT2D eigenvalue weighted by Crippen LogP contribution is -2.19. The lowest BCUT2D eigenvalue weighted by Gasteiger charge is -2.27. The molecule has 4 nitrogen and oxygen atoms in total. The van der Waals surface area contributed by atoms with Crippen molar-refractivity contribution >= 4 is 12.2 Å². The Labute approximate surface area is 154 Å². The fourth-order valence-corrected chi connectivity index (χ4v) is 1.98. The molecule has 0 radical (unpaired) electrons. The van der Waals surface area contributed by atoms with Gasteiger partial charge in [0.25, 0.3) is 6.47 Å². The number of allylic oxidation sites excluding steroid dienone is 2. The van der Waals surface area contributed by atoms with E-state index in [9.17, 15) is 4.79 Å². The van der Waals surface area contributed by atoms with E-state index in [1.807, 2.05) is 32.1 Å². The first-order chi connectivity index (χ1) is 11.4. The summed E-state index contributed by atoms with van der Waals surface area (Å²) in [6, 6.07) is 3.80. The van der Waals surface area contributed by atoms with Gasteiger partial charge in [0.05, 0.1) is 0 Å². The predicted octanol–water partition coefficient (Wildman–Crippen LogP) is 5.24. The van der Waals surface area contributed by atoms with Crippen LogP contribution < -0.4 is 10.5 Å². The topological polar surface area (TPSA) is 61.5 Å².